The highest BCUT2D eigenvalue weighted by molar-refractivity contribution is 5.71. The van der Waals surface area contributed by atoms with Crippen molar-refractivity contribution in [1.82, 2.24) is 10.0 Å². The summed E-state index contributed by atoms with van der Waals surface area (Å²) < 4.78 is 0. The molecule has 0 spiro atoms. The van der Waals surface area contributed by atoms with Gasteiger partial charge in [-0.2, -0.15) is 5.01 Å². The summed E-state index contributed by atoms with van der Waals surface area (Å²) >= 11 is 0. The topological polar surface area (TPSA) is 6.02 Å². The zero-order valence-electron chi connectivity index (χ0n) is 14.5. The molecule has 0 radical (unpaired) electrons. The molecule has 2 heterocycles. The van der Waals surface area contributed by atoms with E-state index < -0.39 is 0 Å². The van der Waals surface area contributed by atoms with E-state index in [0.29, 0.717) is 12.0 Å². The molecule has 2 heteroatoms. The van der Waals surface area contributed by atoms with Crippen molar-refractivity contribution in [3.63, 3.8) is 0 Å². The summed E-state index contributed by atoms with van der Waals surface area (Å²) in [6, 6.07) is 20.1. The molecule has 1 aliphatic carbocycles. The first-order valence-corrected chi connectivity index (χ1v) is 9.08. The van der Waals surface area contributed by atoms with Gasteiger partial charge in [0, 0.05) is 0 Å². The maximum atomic E-state index is 2.43. The van der Waals surface area contributed by atoms with Crippen LogP contribution in [0.25, 0.3) is 11.3 Å². The normalized spacial score (nSPS) is 26.9. The third kappa shape index (κ3) is 2.63. The fourth-order valence-electron chi connectivity index (χ4n) is 3.99. The summed E-state index contributed by atoms with van der Waals surface area (Å²) in [5.74, 6) is 0.627. The molecule has 5 rings (SSSR count). The molecule has 1 saturated heterocycles. The third-order valence-electron chi connectivity index (χ3n) is 5.37. The standard InChI is InChI=1S/C23H22N2/c1-17-7-5-10-19(13-17)20-11-6-12-21(14-20)23-15-22(24-16-25(23)24)18-8-3-2-4-9-18/h2-12,14-15,17,23H,13,16H2,1H3/t17?,23?,24?,25-/m0/s1. The summed E-state index contributed by atoms with van der Waals surface area (Å²) in [6.45, 7) is 3.31. The van der Waals surface area contributed by atoms with Crippen LogP contribution in [0.2, 0.25) is 0 Å². The van der Waals surface area contributed by atoms with Crippen molar-refractivity contribution in [2.45, 2.75) is 19.4 Å². The lowest BCUT2D eigenvalue weighted by Crippen LogP contribution is -2.06. The fourth-order valence-corrected chi connectivity index (χ4v) is 3.99. The number of hydrogen-bond donors (Lipinski definition) is 0. The van der Waals surface area contributed by atoms with E-state index in [1.54, 1.807) is 0 Å². The van der Waals surface area contributed by atoms with Crippen molar-refractivity contribution in [1.29, 1.82) is 0 Å². The van der Waals surface area contributed by atoms with Crippen LogP contribution < -0.4 is 0 Å². The Morgan fingerprint density at radius 3 is 2.64 bits per heavy atom. The minimum absolute atomic E-state index is 0.354. The lowest BCUT2D eigenvalue weighted by atomic mass is 9.89. The van der Waals surface area contributed by atoms with Crippen LogP contribution in [0.3, 0.4) is 0 Å². The lowest BCUT2D eigenvalue weighted by Gasteiger charge is -2.17. The van der Waals surface area contributed by atoms with Crippen molar-refractivity contribution in [2.24, 2.45) is 5.92 Å². The van der Waals surface area contributed by atoms with E-state index in [4.69, 9.17) is 0 Å². The van der Waals surface area contributed by atoms with Crippen molar-refractivity contribution < 1.29 is 0 Å². The minimum atomic E-state index is 0.354. The number of fused-ring (bicyclic) bond motifs is 1. The van der Waals surface area contributed by atoms with Gasteiger partial charge in [-0.3, -0.25) is 5.01 Å². The van der Waals surface area contributed by atoms with Crippen LogP contribution in [-0.4, -0.2) is 16.7 Å². The van der Waals surface area contributed by atoms with Gasteiger partial charge >= 0.3 is 0 Å². The first-order valence-electron chi connectivity index (χ1n) is 9.08. The maximum absolute atomic E-state index is 2.43. The smallest absolute Gasteiger partial charge is 0.106 e. The number of benzene rings is 2. The van der Waals surface area contributed by atoms with Gasteiger partial charge in [-0.05, 0) is 46.7 Å². The molecule has 0 N–H and O–H groups in total. The van der Waals surface area contributed by atoms with Crippen LogP contribution in [0.4, 0.5) is 0 Å². The molecule has 3 aliphatic rings. The molecule has 1 fully saturated rings. The van der Waals surface area contributed by atoms with Gasteiger partial charge in [0.05, 0.1) is 11.7 Å². The van der Waals surface area contributed by atoms with Gasteiger partial charge in [0.25, 0.3) is 0 Å². The average Bonchev–Trinajstić information content (AvgIpc) is 3.36. The van der Waals surface area contributed by atoms with Gasteiger partial charge in [-0.1, -0.05) is 73.7 Å². The number of hydrazine groups is 1. The van der Waals surface area contributed by atoms with E-state index in [1.807, 2.05) is 0 Å². The summed E-state index contributed by atoms with van der Waals surface area (Å²) in [6.07, 6.45) is 10.3. The predicted octanol–water partition coefficient (Wildman–Crippen LogP) is 5.25. The Hall–Kier alpha value is -2.58. The summed E-state index contributed by atoms with van der Waals surface area (Å²) in [4.78, 5) is 0. The number of allylic oxidation sites excluding steroid dienone is 4. The largest absolute Gasteiger partial charge is 0.287 e. The highest BCUT2D eigenvalue weighted by atomic mass is 15.8. The molecule has 25 heavy (non-hydrogen) atoms. The summed E-state index contributed by atoms with van der Waals surface area (Å²) in [7, 11) is 0. The molecule has 124 valence electrons. The van der Waals surface area contributed by atoms with E-state index in [1.165, 1.54) is 28.0 Å². The van der Waals surface area contributed by atoms with E-state index in [-0.39, 0.29) is 0 Å². The van der Waals surface area contributed by atoms with Crippen LogP contribution in [0.1, 0.15) is 36.1 Å². The van der Waals surface area contributed by atoms with Crippen molar-refractivity contribution in [3.05, 3.63) is 95.6 Å². The zero-order valence-corrected chi connectivity index (χ0v) is 14.5. The Morgan fingerprint density at radius 2 is 1.80 bits per heavy atom. The maximum Gasteiger partial charge on any atom is 0.106 e. The second-order valence-corrected chi connectivity index (χ2v) is 7.23. The second-order valence-electron chi connectivity index (χ2n) is 7.23. The van der Waals surface area contributed by atoms with Gasteiger partial charge in [0.2, 0.25) is 0 Å². The Kier molecular flexibility index (Phi) is 3.39. The minimum Gasteiger partial charge on any atom is -0.287 e. The molecule has 0 saturated carbocycles. The van der Waals surface area contributed by atoms with Gasteiger partial charge in [0.1, 0.15) is 6.67 Å². The van der Waals surface area contributed by atoms with Crippen molar-refractivity contribution in [3.8, 4) is 0 Å². The van der Waals surface area contributed by atoms with Crippen molar-refractivity contribution in [2.75, 3.05) is 6.67 Å². The van der Waals surface area contributed by atoms with Crippen LogP contribution in [0.5, 0.6) is 0 Å². The zero-order chi connectivity index (χ0) is 16.8. The molecular weight excluding hydrogens is 304 g/mol. The van der Waals surface area contributed by atoms with Crippen molar-refractivity contribution >= 4 is 11.3 Å². The molecule has 2 aliphatic heterocycles. The Bertz CT molecular complexity index is 891. The SMILES string of the molecule is CC1C=CC=C(c2cccc(C3C=C(c4ccccc4)N4C[N@@]34)c2)C1. The monoisotopic (exact) mass is 326 g/mol. The molecule has 2 aromatic rings. The Labute approximate surface area is 149 Å². The number of hydrogen-bond acceptors (Lipinski definition) is 2. The highest BCUT2D eigenvalue weighted by Crippen LogP contribution is 2.46. The lowest BCUT2D eigenvalue weighted by molar-refractivity contribution is 0.371. The highest BCUT2D eigenvalue weighted by Gasteiger charge is 2.45. The predicted molar refractivity (Wildman–Crippen MR) is 103 cm³/mol. The fraction of sp³-hybridized carbons (Fsp3) is 0.217. The number of rotatable bonds is 3. The molecular formula is C23H22N2. The van der Waals surface area contributed by atoms with Gasteiger partial charge in [0.15, 0.2) is 0 Å². The molecule has 3 atom stereocenters. The van der Waals surface area contributed by atoms with Gasteiger partial charge < -0.3 is 0 Å². The van der Waals surface area contributed by atoms with Crippen LogP contribution in [0.15, 0.2) is 78.9 Å². The second kappa shape index (κ2) is 5.75. The third-order valence-corrected chi connectivity index (χ3v) is 5.37. The van der Waals surface area contributed by atoms with Crippen LogP contribution >= 0.6 is 0 Å². The van der Waals surface area contributed by atoms with Gasteiger partial charge in [-0.15, -0.1) is 0 Å². The average molecular weight is 326 g/mol. The Balaban J connectivity index is 1.47. The van der Waals surface area contributed by atoms with E-state index >= 15 is 0 Å². The quantitative estimate of drug-likeness (QED) is 0.710. The summed E-state index contributed by atoms with van der Waals surface area (Å²) in [5.41, 5.74) is 6.84. The molecule has 0 aromatic heterocycles. The van der Waals surface area contributed by atoms with E-state index in [2.05, 4.69) is 95.8 Å². The van der Waals surface area contributed by atoms with E-state index in [9.17, 15) is 0 Å². The molecule has 0 amide bonds. The molecule has 0 bridgehead atoms. The molecule has 2 aromatic carbocycles. The first-order chi connectivity index (χ1) is 12.3. The Morgan fingerprint density at radius 1 is 0.960 bits per heavy atom. The first kappa shape index (κ1) is 14.7. The van der Waals surface area contributed by atoms with Crippen LogP contribution in [0, 0.1) is 5.92 Å². The molecule has 2 nitrogen and oxygen atoms in total. The molecule has 2 unspecified atom stereocenters. The number of nitrogens with zero attached hydrogens (tertiary/aromatic N) is 2. The van der Waals surface area contributed by atoms with Crippen LogP contribution in [-0.2, 0) is 0 Å². The van der Waals surface area contributed by atoms with Gasteiger partial charge in [-0.25, -0.2) is 0 Å². The van der Waals surface area contributed by atoms with E-state index in [0.717, 1.165) is 13.1 Å². The summed E-state index contributed by atoms with van der Waals surface area (Å²) in [5, 5.41) is 4.80.